The van der Waals surface area contributed by atoms with Crippen LogP contribution < -0.4 is 0 Å². The minimum atomic E-state index is -1.64. The third kappa shape index (κ3) is 6.92. The topological polar surface area (TPSA) is 160 Å². The first-order chi connectivity index (χ1) is 21.0. The van der Waals surface area contributed by atoms with Crippen molar-refractivity contribution in [2.24, 2.45) is 5.92 Å². The number of amides is 1. The van der Waals surface area contributed by atoms with E-state index in [9.17, 15) is 38.4 Å². The van der Waals surface area contributed by atoms with Crippen LogP contribution in [-0.2, 0) is 19.0 Å². The number of hydrogen-bond donors (Lipinski definition) is 4. The Morgan fingerprint density at radius 3 is 2.39 bits per heavy atom. The molecule has 0 unspecified atom stereocenters. The average molecular weight is 647 g/mol. The first kappa shape index (κ1) is 33.1. The molecule has 3 saturated heterocycles. The Morgan fingerprint density at radius 2 is 1.75 bits per heavy atom. The molecule has 16 heteroatoms. The summed E-state index contributed by atoms with van der Waals surface area (Å²) in [4.78, 5) is 15.5. The maximum absolute atomic E-state index is 13.9. The molecule has 12 nitrogen and oxygen atoms in total. The molecule has 2 aromatic rings. The summed E-state index contributed by atoms with van der Waals surface area (Å²) in [6.07, 6.45) is -1.16. The number of hydrogen-bond acceptors (Lipinski definition) is 11. The third-order valence-electron chi connectivity index (χ3n) is 8.53. The highest BCUT2D eigenvalue weighted by atomic mass is 32.2. The lowest BCUT2D eigenvalue weighted by Gasteiger charge is -2.45. The Hall–Kier alpha value is -2.31. The number of nitrogens with zero attached hydrogens (tertiary/aromatic N) is 4. The van der Waals surface area contributed by atoms with E-state index >= 15 is 0 Å². The summed E-state index contributed by atoms with van der Waals surface area (Å²) >= 11 is 0.888. The second-order valence-electron chi connectivity index (χ2n) is 11.5. The molecular weight excluding hydrogens is 609 g/mol. The fourth-order valence-corrected chi connectivity index (χ4v) is 7.48. The van der Waals surface area contributed by atoms with Gasteiger partial charge in [0.2, 0.25) is 5.91 Å². The van der Waals surface area contributed by atoms with Crippen LogP contribution in [0, 0.1) is 23.4 Å². The lowest BCUT2D eigenvalue weighted by molar-refractivity contribution is -0.179. The zero-order valence-corrected chi connectivity index (χ0v) is 24.9. The summed E-state index contributed by atoms with van der Waals surface area (Å²) < 4.78 is 59.0. The molecule has 3 fully saturated rings. The van der Waals surface area contributed by atoms with Gasteiger partial charge in [-0.2, -0.15) is 0 Å². The van der Waals surface area contributed by atoms with Crippen molar-refractivity contribution >= 4 is 17.7 Å². The van der Waals surface area contributed by atoms with Crippen molar-refractivity contribution < 1.29 is 52.6 Å². The lowest BCUT2D eigenvalue weighted by Crippen LogP contribution is -2.58. The monoisotopic (exact) mass is 646 g/mol. The van der Waals surface area contributed by atoms with Crippen LogP contribution in [-0.4, -0.2) is 127 Å². The maximum Gasteiger partial charge on any atom is 0.238 e. The predicted molar refractivity (Wildman–Crippen MR) is 150 cm³/mol. The molecule has 4 N–H and O–H groups in total. The van der Waals surface area contributed by atoms with Gasteiger partial charge in [-0.25, -0.2) is 17.9 Å². The Bertz CT molecular complexity index is 1270. The molecule has 3 aliphatic rings. The smallest absolute Gasteiger partial charge is 0.238 e. The zero-order chi connectivity index (χ0) is 31.6. The van der Waals surface area contributed by atoms with E-state index < -0.39 is 64.7 Å². The van der Waals surface area contributed by atoms with E-state index in [1.54, 1.807) is 11.9 Å². The van der Waals surface area contributed by atoms with Crippen molar-refractivity contribution in [1.29, 1.82) is 0 Å². The molecular formula is C28H37F3N4O8S. The highest BCUT2D eigenvalue weighted by molar-refractivity contribution is 8.01. The van der Waals surface area contributed by atoms with E-state index in [0.717, 1.165) is 41.4 Å². The predicted octanol–water partition coefficient (Wildman–Crippen LogP) is 0.871. The Morgan fingerprint density at radius 1 is 1.11 bits per heavy atom. The van der Waals surface area contributed by atoms with Crippen LogP contribution in [0.15, 0.2) is 18.3 Å². The standard InChI is InChI=1S/C28H37F3N4O8S/c1-34(12-15-2-6-41-7-3-15)26(39)25(28(40)4-8-42-9-5-28)44-27-24(38)22(23(37)20(14-36)43-27)35-13-19(32-33-35)16-10-17(29)21(31)18(30)11-16/h10-11,13,15,20,22-25,27,36-38,40H,2-9,12,14H2,1H3/t20-,22+,23+,24-,25-,27+/m1/s1. The van der Waals surface area contributed by atoms with Gasteiger partial charge in [0.25, 0.3) is 0 Å². The lowest BCUT2D eigenvalue weighted by atomic mass is 9.89. The Balaban J connectivity index is 1.41. The molecule has 5 rings (SSSR count). The fraction of sp³-hybridized carbons (Fsp3) is 0.679. The molecule has 0 spiro atoms. The summed E-state index contributed by atoms with van der Waals surface area (Å²) in [5.74, 6) is -4.64. The molecule has 244 valence electrons. The molecule has 3 aliphatic heterocycles. The van der Waals surface area contributed by atoms with E-state index in [2.05, 4.69) is 10.3 Å². The van der Waals surface area contributed by atoms with Crippen LogP contribution in [0.3, 0.4) is 0 Å². The van der Waals surface area contributed by atoms with E-state index in [-0.39, 0.29) is 49.1 Å². The second-order valence-corrected chi connectivity index (χ2v) is 12.7. The van der Waals surface area contributed by atoms with Gasteiger partial charge in [0.1, 0.15) is 40.7 Å². The van der Waals surface area contributed by atoms with Gasteiger partial charge >= 0.3 is 0 Å². The fourth-order valence-electron chi connectivity index (χ4n) is 5.89. The Kier molecular flexibility index (Phi) is 10.5. The summed E-state index contributed by atoms with van der Waals surface area (Å²) in [6.45, 7) is 1.47. The number of halogens is 3. The van der Waals surface area contributed by atoms with Crippen LogP contribution in [0.1, 0.15) is 31.7 Å². The number of carbonyl (C=O) groups is 1. The number of aliphatic hydroxyl groups excluding tert-OH is 3. The largest absolute Gasteiger partial charge is 0.394 e. The molecule has 0 radical (unpaired) electrons. The van der Waals surface area contributed by atoms with Gasteiger partial charge in [0.15, 0.2) is 17.5 Å². The average Bonchev–Trinajstić information content (AvgIpc) is 3.49. The van der Waals surface area contributed by atoms with Gasteiger partial charge < -0.3 is 39.5 Å². The van der Waals surface area contributed by atoms with Gasteiger partial charge in [-0.15, -0.1) is 16.9 Å². The van der Waals surface area contributed by atoms with Crippen LogP contribution >= 0.6 is 11.8 Å². The SMILES string of the molecule is CN(CC1CCOCC1)C(=O)[C@@H](S[C@@H]1O[C@H](CO)[C@H](O)[C@H](n2cc(-c3cc(F)c(F)c(F)c3)nn2)[C@H]1O)C1(O)CCOCC1. The van der Waals surface area contributed by atoms with Crippen LogP contribution in [0.4, 0.5) is 13.2 Å². The molecule has 6 atom stereocenters. The number of thioether (sulfide) groups is 1. The zero-order valence-electron chi connectivity index (χ0n) is 24.1. The van der Waals surface area contributed by atoms with Gasteiger partial charge in [-0.1, -0.05) is 5.21 Å². The second kappa shape index (κ2) is 14.0. The minimum absolute atomic E-state index is 0.0715. The number of aromatic nitrogens is 3. The molecule has 44 heavy (non-hydrogen) atoms. The highest BCUT2D eigenvalue weighted by Crippen LogP contribution is 2.42. The van der Waals surface area contributed by atoms with Crippen molar-refractivity contribution in [3.05, 3.63) is 35.8 Å². The van der Waals surface area contributed by atoms with Gasteiger partial charge in [-0.05, 0) is 30.9 Å². The van der Waals surface area contributed by atoms with E-state index in [1.165, 1.54) is 6.20 Å². The number of aliphatic hydroxyl groups is 4. The van der Waals surface area contributed by atoms with Crippen LogP contribution in [0.2, 0.25) is 0 Å². The summed E-state index contributed by atoms with van der Waals surface area (Å²) in [5, 5.41) is 50.9. The van der Waals surface area contributed by atoms with E-state index in [0.29, 0.717) is 19.8 Å². The quantitative estimate of drug-likeness (QED) is 0.287. The highest BCUT2D eigenvalue weighted by Gasteiger charge is 2.51. The summed E-state index contributed by atoms with van der Waals surface area (Å²) in [6, 6.07) is 0.191. The molecule has 1 aromatic heterocycles. The van der Waals surface area contributed by atoms with Crippen molar-refractivity contribution in [1.82, 2.24) is 19.9 Å². The van der Waals surface area contributed by atoms with Crippen molar-refractivity contribution in [2.45, 2.75) is 66.3 Å². The van der Waals surface area contributed by atoms with E-state index in [1.807, 2.05) is 0 Å². The molecule has 0 saturated carbocycles. The number of rotatable bonds is 9. The van der Waals surface area contributed by atoms with Gasteiger partial charge in [0, 0.05) is 58.4 Å². The van der Waals surface area contributed by atoms with Gasteiger partial charge in [0.05, 0.1) is 18.4 Å². The third-order valence-corrected chi connectivity index (χ3v) is 10.1. The summed E-state index contributed by atoms with van der Waals surface area (Å²) in [7, 11) is 1.66. The molecule has 1 amide bonds. The van der Waals surface area contributed by atoms with Crippen molar-refractivity contribution in [3.8, 4) is 11.3 Å². The van der Waals surface area contributed by atoms with Crippen molar-refractivity contribution in [2.75, 3.05) is 46.6 Å². The van der Waals surface area contributed by atoms with E-state index in [4.69, 9.17) is 14.2 Å². The summed E-state index contributed by atoms with van der Waals surface area (Å²) in [5.41, 5.74) is -2.93. The number of benzene rings is 1. The minimum Gasteiger partial charge on any atom is -0.394 e. The first-order valence-electron chi connectivity index (χ1n) is 14.5. The molecule has 1 aromatic carbocycles. The molecule has 0 aliphatic carbocycles. The normalized spacial score (nSPS) is 28.5. The van der Waals surface area contributed by atoms with Crippen molar-refractivity contribution in [3.63, 3.8) is 0 Å². The molecule has 4 heterocycles. The first-order valence-corrected chi connectivity index (χ1v) is 15.4. The van der Waals surface area contributed by atoms with Crippen LogP contribution in [0.25, 0.3) is 11.3 Å². The Labute approximate surface area is 256 Å². The maximum atomic E-state index is 13.9. The molecule has 0 bridgehead atoms. The van der Waals surface area contributed by atoms with Crippen LogP contribution in [0.5, 0.6) is 0 Å². The van der Waals surface area contributed by atoms with Gasteiger partial charge in [-0.3, -0.25) is 4.79 Å². The number of ether oxygens (including phenoxy) is 3. The number of carbonyl (C=O) groups excluding carboxylic acids is 1.